The van der Waals surface area contributed by atoms with Gasteiger partial charge in [-0.3, -0.25) is 4.79 Å². The number of amides is 1. The van der Waals surface area contributed by atoms with Gasteiger partial charge in [-0.25, -0.2) is 0 Å². The van der Waals surface area contributed by atoms with Gasteiger partial charge in [0.2, 0.25) is 5.91 Å². The molecule has 4 nitrogen and oxygen atoms in total. The molecule has 2 unspecified atom stereocenters. The van der Waals surface area contributed by atoms with Crippen LogP contribution in [0.3, 0.4) is 0 Å². The van der Waals surface area contributed by atoms with E-state index >= 15 is 0 Å². The van der Waals surface area contributed by atoms with Crippen molar-refractivity contribution in [2.45, 2.75) is 70.9 Å². The van der Waals surface area contributed by atoms with Gasteiger partial charge in [-0.2, -0.15) is 0 Å². The van der Waals surface area contributed by atoms with Crippen LogP contribution in [0.4, 0.5) is 0 Å². The van der Waals surface area contributed by atoms with Crippen LogP contribution in [0, 0.1) is 5.41 Å². The van der Waals surface area contributed by atoms with Gasteiger partial charge in [0.1, 0.15) is 0 Å². The maximum atomic E-state index is 12.6. The van der Waals surface area contributed by atoms with Crippen LogP contribution in [0.2, 0.25) is 0 Å². The lowest BCUT2D eigenvalue weighted by molar-refractivity contribution is -0.176. The Morgan fingerprint density at radius 2 is 2.00 bits per heavy atom. The van der Waals surface area contributed by atoms with Crippen LogP contribution in [0.25, 0.3) is 0 Å². The molecule has 0 aliphatic heterocycles. The summed E-state index contributed by atoms with van der Waals surface area (Å²) in [6.45, 7) is 6.71. The zero-order chi connectivity index (χ0) is 15.3. The predicted octanol–water partition coefficient (Wildman–Crippen LogP) is 2.99. The van der Waals surface area contributed by atoms with Crippen LogP contribution < -0.4 is 5.32 Å². The first-order valence-corrected chi connectivity index (χ1v) is 8.75. The van der Waals surface area contributed by atoms with Crippen molar-refractivity contribution in [1.82, 2.24) is 10.2 Å². The highest BCUT2D eigenvalue weighted by Crippen LogP contribution is 2.56. The molecular formula is C17H33ClN2O2. The number of nitrogens with zero attached hydrogens (tertiary/aromatic N) is 1. The summed E-state index contributed by atoms with van der Waals surface area (Å²) in [5, 5.41) is 3.09. The molecule has 2 rings (SSSR count). The second-order valence-corrected chi connectivity index (χ2v) is 6.58. The Balaban J connectivity index is 0.00000242. The smallest absolute Gasteiger partial charge is 0.224 e. The van der Waals surface area contributed by atoms with Gasteiger partial charge in [0.15, 0.2) is 0 Å². The lowest BCUT2D eigenvalue weighted by Gasteiger charge is -2.57. The number of hydrogen-bond donors (Lipinski definition) is 1. The molecule has 2 aliphatic rings. The van der Waals surface area contributed by atoms with Crippen molar-refractivity contribution >= 4 is 18.3 Å². The first-order chi connectivity index (χ1) is 10.2. The molecule has 0 aromatic carbocycles. The molecule has 0 aromatic rings. The highest BCUT2D eigenvalue weighted by Gasteiger charge is 2.59. The summed E-state index contributed by atoms with van der Waals surface area (Å²) in [5.74, 6) is 0.317. The lowest BCUT2D eigenvalue weighted by atomic mass is 9.59. The standard InChI is InChI=1S/C17H32N2O2.ClH/c1-4-12-19(16(20)8-11-18-3)14-13-15(21-5-2)17(14)9-6-7-10-17;/h14-15,18H,4-13H2,1-3H3;1H. The Bertz CT molecular complexity index is 346. The van der Waals surface area contributed by atoms with Gasteiger partial charge in [0, 0.05) is 37.6 Å². The average Bonchev–Trinajstić information content (AvgIpc) is 2.99. The van der Waals surface area contributed by atoms with E-state index in [-0.39, 0.29) is 17.8 Å². The molecule has 1 amide bonds. The largest absolute Gasteiger partial charge is 0.378 e. The second-order valence-electron chi connectivity index (χ2n) is 6.58. The van der Waals surface area contributed by atoms with Crippen molar-refractivity contribution in [2.24, 2.45) is 5.41 Å². The number of carbonyl (C=O) groups excluding carboxylic acids is 1. The van der Waals surface area contributed by atoms with Gasteiger partial charge in [-0.15, -0.1) is 12.4 Å². The molecule has 2 fully saturated rings. The molecule has 0 saturated heterocycles. The molecule has 0 heterocycles. The molecule has 2 saturated carbocycles. The van der Waals surface area contributed by atoms with E-state index in [1.165, 1.54) is 25.7 Å². The number of nitrogens with one attached hydrogen (secondary N) is 1. The molecule has 5 heteroatoms. The van der Waals surface area contributed by atoms with Crippen molar-refractivity contribution in [1.29, 1.82) is 0 Å². The van der Waals surface area contributed by atoms with Crippen molar-refractivity contribution < 1.29 is 9.53 Å². The SMILES string of the molecule is CCCN(C(=O)CCNC)C1CC(OCC)C12CCCC2.Cl. The Kier molecular flexibility index (Phi) is 8.15. The van der Waals surface area contributed by atoms with E-state index in [0.29, 0.717) is 24.5 Å². The molecule has 0 bridgehead atoms. The third-order valence-corrected chi connectivity index (χ3v) is 5.39. The average molecular weight is 333 g/mol. The van der Waals surface area contributed by atoms with Crippen LogP contribution in [0.5, 0.6) is 0 Å². The van der Waals surface area contributed by atoms with Crippen LogP contribution in [0.15, 0.2) is 0 Å². The van der Waals surface area contributed by atoms with Crippen LogP contribution in [-0.4, -0.2) is 49.7 Å². The molecular weight excluding hydrogens is 300 g/mol. The van der Waals surface area contributed by atoms with E-state index in [4.69, 9.17) is 4.74 Å². The summed E-state index contributed by atoms with van der Waals surface area (Å²) >= 11 is 0. The summed E-state index contributed by atoms with van der Waals surface area (Å²) in [4.78, 5) is 14.8. The van der Waals surface area contributed by atoms with Gasteiger partial charge in [-0.05, 0) is 39.7 Å². The van der Waals surface area contributed by atoms with Gasteiger partial charge < -0.3 is 15.0 Å². The number of hydrogen-bond acceptors (Lipinski definition) is 3. The third kappa shape index (κ3) is 3.77. The van der Waals surface area contributed by atoms with E-state index in [1.807, 2.05) is 7.05 Å². The number of carbonyl (C=O) groups is 1. The first kappa shape index (κ1) is 19.7. The normalized spacial score (nSPS) is 25.6. The quantitative estimate of drug-likeness (QED) is 0.743. The van der Waals surface area contributed by atoms with E-state index in [1.54, 1.807) is 0 Å². The zero-order valence-corrected chi connectivity index (χ0v) is 15.2. The van der Waals surface area contributed by atoms with E-state index < -0.39 is 0 Å². The predicted molar refractivity (Wildman–Crippen MR) is 92.5 cm³/mol. The minimum Gasteiger partial charge on any atom is -0.378 e. The topological polar surface area (TPSA) is 41.6 Å². The van der Waals surface area contributed by atoms with Crippen molar-refractivity contribution in [3.05, 3.63) is 0 Å². The summed E-state index contributed by atoms with van der Waals surface area (Å²) in [7, 11) is 1.91. The molecule has 22 heavy (non-hydrogen) atoms. The summed E-state index contributed by atoms with van der Waals surface area (Å²) in [6.07, 6.45) is 8.14. The molecule has 1 N–H and O–H groups in total. The summed E-state index contributed by atoms with van der Waals surface area (Å²) in [6, 6.07) is 0.417. The second kappa shape index (κ2) is 9.09. The Morgan fingerprint density at radius 1 is 1.32 bits per heavy atom. The molecule has 130 valence electrons. The van der Waals surface area contributed by atoms with Gasteiger partial charge >= 0.3 is 0 Å². The fraction of sp³-hybridized carbons (Fsp3) is 0.941. The molecule has 0 radical (unpaired) electrons. The van der Waals surface area contributed by atoms with Gasteiger partial charge in [0.05, 0.1) is 6.10 Å². The molecule has 0 aromatic heterocycles. The lowest BCUT2D eigenvalue weighted by Crippen LogP contribution is -2.65. The fourth-order valence-corrected chi connectivity index (χ4v) is 4.36. The summed E-state index contributed by atoms with van der Waals surface area (Å²) < 4.78 is 5.98. The highest BCUT2D eigenvalue weighted by atomic mass is 35.5. The maximum Gasteiger partial charge on any atom is 0.224 e. The van der Waals surface area contributed by atoms with Gasteiger partial charge in [-0.1, -0.05) is 19.8 Å². The maximum absolute atomic E-state index is 12.6. The fourth-order valence-electron chi connectivity index (χ4n) is 4.36. The number of ether oxygens (including phenoxy) is 1. The van der Waals surface area contributed by atoms with Crippen molar-refractivity contribution in [3.63, 3.8) is 0 Å². The van der Waals surface area contributed by atoms with E-state index in [0.717, 1.165) is 32.5 Å². The Morgan fingerprint density at radius 3 is 2.55 bits per heavy atom. The highest BCUT2D eigenvalue weighted by molar-refractivity contribution is 5.85. The minimum absolute atomic E-state index is 0. The Hall–Kier alpha value is -0.320. The molecule has 2 atom stereocenters. The van der Waals surface area contributed by atoms with Crippen LogP contribution >= 0.6 is 12.4 Å². The first-order valence-electron chi connectivity index (χ1n) is 8.75. The van der Waals surface area contributed by atoms with Crippen molar-refractivity contribution in [2.75, 3.05) is 26.7 Å². The van der Waals surface area contributed by atoms with Crippen LogP contribution in [-0.2, 0) is 9.53 Å². The minimum atomic E-state index is 0. The van der Waals surface area contributed by atoms with Crippen molar-refractivity contribution in [3.8, 4) is 0 Å². The van der Waals surface area contributed by atoms with E-state index in [9.17, 15) is 4.79 Å². The molecule has 1 spiro atoms. The number of rotatable bonds is 8. The number of halogens is 1. The van der Waals surface area contributed by atoms with Crippen LogP contribution in [0.1, 0.15) is 58.8 Å². The van der Waals surface area contributed by atoms with Gasteiger partial charge in [0.25, 0.3) is 0 Å². The monoisotopic (exact) mass is 332 g/mol. The zero-order valence-electron chi connectivity index (χ0n) is 14.4. The Labute approximate surface area is 141 Å². The third-order valence-electron chi connectivity index (χ3n) is 5.39. The summed E-state index contributed by atoms with van der Waals surface area (Å²) in [5.41, 5.74) is 0.264. The van der Waals surface area contributed by atoms with E-state index in [2.05, 4.69) is 24.1 Å². The molecule has 2 aliphatic carbocycles.